The van der Waals surface area contributed by atoms with Gasteiger partial charge in [0.1, 0.15) is 0 Å². The molecule has 0 aromatic rings. The van der Waals surface area contributed by atoms with Crippen molar-refractivity contribution in [3.8, 4) is 0 Å². The molecule has 12 heavy (non-hydrogen) atoms. The van der Waals surface area contributed by atoms with Crippen molar-refractivity contribution in [3.63, 3.8) is 0 Å². The Labute approximate surface area is 76.0 Å². The first-order valence-corrected chi connectivity index (χ1v) is 4.57. The van der Waals surface area contributed by atoms with Gasteiger partial charge in [-0.25, -0.2) is 0 Å². The Morgan fingerprint density at radius 1 is 1.58 bits per heavy atom. The van der Waals surface area contributed by atoms with E-state index >= 15 is 0 Å². The van der Waals surface area contributed by atoms with Crippen LogP contribution in [-0.2, 0) is 4.74 Å². The molecule has 2 nitrogen and oxygen atoms in total. The number of allylic oxidation sites excluding steroid dienone is 1. The van der Waals surface area contributed by atoms with E-state index in [2.05, 4.69) is 25.7 Å². The fourth-order valence-electron chi connectivity index (χ4n) is 1.15. The Morgan fingerprint density at radius 3 is 2.67 bits per heavy atom. The highest BCUT2D eigenvalue weighted by Gasteiger charge is 2.05. The largest absolute Gasteiger partial charge is 0.383 e. The minimum Gasteiger partial charge on any atom is -0.383 e. The third kappa shape index (κ3) is 6.38. The summed E-state index contributed by atoms with van der Waals surface area (Å²) in [5, 5.41) is 3.37. The van der Waals surface area contributed by atoms with Crippen molar-refractivity contribution in [2.75, 3.05) is 20.3 Å². The molecule has 0 saturated heterocycles. The van der Waals surface area contributed by atoms with Gasteiger partial charge in [-0.3, -0.25) is 0 Å². The molecule has 1 unspecified atom stereocenters. The van der Waals surface area contributed by atoms with Crippen LogP contribution in [0.15, 0.2) is 12.2 Å². The van der Waals surface area contributed by atoms with Crippen LogP contribution in [0.3, 0.4) is 0 Å². The summed E-state index contributed by atoms with van der Waals surface area (Å²) in [6.45, 7) is 9.86. The summed E-state index contributed by atoms with van der Waals surface area (Å²) >= 11 is 0. The van der Waals surface area contributed by atoms with Gasteiger partial charge in [0.15, 0.2) is 0 Å². The third-order valence-corrected chi connectivity index (χ3v) is 1.78. The van der Waals surface area contributed by atoms with E-state index in [1.807, 2.05) is 0 Å². The van der Waals surface area contributed by atoms with Crippen molar-refractivity contribution in [1.82, 2.24) is 5.32 Å². The van der Waals surface area contributed by atoms with Crippen molar-refractivity contribution in [1.29, 1.82) is 0 Å². The quantitative estimate of drug-likeness (QED) is 0.591. The van der Waals surface area contributed by atoms with Crippen LogP contribution >= 0.6 is 0 Å². The van der Waals surface area contributed by atoms with E-state index in [9.17, 15) is 0 Å². The zero-order valence-corrected chi connectivity index (χ0v) is 8.52. The molecule has 0 bridgehead atoms. The maximum atomic E-state index is 5.10. The van der Waals surface area contributed by atoms with Crippen LogP contribution in [0.2, 0.25) is 0 Å². The van der Waals surface area contributed by atoms with Crippen molar-refractivity contribution >= 4 is 0 Å². The molecule has 0 aromatic heterocycles. The molecule has 0 amide bonds. The first-order chi connectivity index (χ1) is 5.70. The van der Waals surface area contributed by atoms with Crippen molar-refractivity contribution in [3.05, 3.63) is 12.2 Å². The number of rotatable bonds is 7. The zero-order chi connectivity index (χ0) is 9.40. The lowest BCUT2D eigenvalue weighted by molar-refractivity contribution is 0.163. The van der Waals surface area contributed by atoms with Crippen LogP contribution in [0.5, 0.6) is 0 Å². The first kappa shape index (κ1) is 11.7. The highest BCUT2D eigenvalue weighted by Crippen LogP contribution is 2.04. The Bertz CT molecular complexity index is 117. The highest BCUT2D eigenvalue weighted by atomic mass is 16.5. The van der Waals surface area contributed by atoms with Gasteiger partial charge in [0.2, 0.25) is 0 Å². The minimum atomic E-state index is 0.483. The normalized spacial score (nSPS) is 12.9. The fourth-order valence-corrected chi connectivity index (χ4v) is 1.15. The molecule has 0 aliphatic rings. The van der Waals surface area contributed by atoms with Gasteiger partial charge in [0.05, 0.1) is 6.61 Å². The van der Waals surface area contributed by atoms with Crippen molar-refractivity contribution in [2.24, 2.45) is 0 Å². The molecule has 0 saturated carbocycles. The molecule has 1 atom stereocenters. The monoisotopic (exact) mass is 171 g/mol. The topological polar surface area (TPSA) is 21.3 Å². The van der Waals surface area contributed by atoms with Crippen molar-refractivity contribution < 1.29 is 4.74 Å². The van der Waals surface area contributed by atoms with E-state index in [0.29, 0.717) is 6.04 Å². The molecule has 0 fully saturated rings. The number of nitrogens with one attached hydrogen (secondary N) is 1. The second kappa shape index (κ2) is 7.32. The second-order valence-corrected chi connectivity index (χ2v) is 3.21. The average molecular weight is 171 g/mol. The summed E-state index contributed by atoms with van der Waals surface area (Å²) in [6.07, 6.45) is 2.21. The Hall–Kier alpha value is -0.340. The Balaban J connectivity index is 3.54. The summed E-state index contributed by atoms with van der Waals surface area (Å²) in [5.74, 6) is 0. The van der Waals surface area contributed by atoms with E-state index in [4.69, 9.17) is 4.74 Å². The molecular formula is C10H21NO. The van der Waals surface area contributed by atoms with Gasteiger partial charge >= 0.3 is 0 Å². The second-order valence-electron chi connectivity index (χ2n) is 3.21. The summed E-state index contributed by atoms with van der Waals surface area (Å²) in [4.78, 5) is 0. The molecule has 1 N–H and O–H groups in total. The standard InChI is InChI=1S/C10H21NO/c1-5-11-10(8-12-4)7-6-9(2)3/h10-11H,2,5-8H2,1,3-4H3. The van der Waals surface area contributed by atoms with Crippen LogP contribution in [0.4, 0.5) is 0 Å². The van der Waals surface area contributed by atoms with Gasteiger partial charge in [0, 0.05) is 13.2 Å². The average Bonchev–Trinajstić information content (AvgIpc) is 2.01. The van der Waals surface area contributed by atoms with E-state index in [1.54, 1.807) is 7.11 Å². The molecule has 0 radical (unpaired) electrons. The number of hydrogen-bond donors (Lipinski definition) is 1. The van der Waals surface area contributed by atoms with Crippen molar-refractivity contribution in [2.45, 2.75) is 32.7 Å². The Morgan fingerprint density at radius 2 is 2.25 bits per heavy atom. The predicted octanol–water partition coefficient (Wildman–Crippen LogP) is 1.97. The molecule has 2 heteroatoms. The lowest BCUT2D eigenvalue weighted by Crippen LogP contribution is -2.32. The van der Waals surface area contributed by atoms with Gasteiger partial charge in [0.25, 0.3) is 0 Å². The summed E-state index contributed by atoms with van der Waals surface area (Å²) in [5.41, 5.74) is 1.24. The maximum Gasteiger partial charge on any atom is 0.0615 e. The SMILES string of the molecule is C=C(C)CCC(COC)NCC. The van der Waals surface area contributed by atoms with Crippen LogP contribution in [0.1, 0.15) is 26.7 Å². The zero-order valence-electron chi connectivity index (χ0n) is 8.52. The fraction of sp³-hybridized carbons (Fsp3) is 0.800. The van der Waals surface area contributed by atoms with Gasteiger partial charge in [-0.2, -0.15) is 0 Å². The van der Waals surface area contributed by atoms with Crippen LogP contribution in [0.25, 0.3) is 0 Å². The Kier molecular flexibility index (Phi) is 7.11. The van der Waals surface area contributed by atoms with E-state index in [1.165, 1.54) is 5.57 Å². The molecule has 0 spiro atoms. The van der Waals surface area contributed by atoms with Crippen LogP contribution in [-0.4, -0.2) is 26.3 Å². The lowest BCUT2D eigenvalue weighted by atomic mass is 10.1. The summed E-state index contributed by atoms with van der Waals surface area (Å²) in [6, 6.07) is 0.483. The number of likely N-dealkylation sites (N-methyl/N-ethyl adjacent to an activating group) is 1. The van der Waals surface area contributed by atoms with E-state index in [0.717, 1.165) is 26.0 Å². The predicted molar refractivity (Wildman–Crippen MR) is 53.4 cm³/mol. The number of methoxy groups -OCH3 is 1. The number of ether oxygens (including phenoxy) is 1. The molecule has 0 aliphatic heterocycles. The summed E-state index contributed by atoms with van der Waals surface area (Å²) in [7, 11) is 1.74. The minimum absolute atomic E-state index is 0.483. The van der Waals surface area contributed by atoms with Gasteiger partial charge in [-0.1, -0.05) is 12.5 Å². The maximum absolute atomic E-state index is 5.10. The highest BCUT2D eigenvalue weighted by molar-refractivity contribution is 4.89. The molecule has 0 aliphatic carbocycles. The van der Waals surface area contributed by atoms with Crippen LogP contribution in [0, 0.1) is 0 Å². The van der Waals surface area contributed by atoms with E-state index < -0.39 is 0 Å². The van der Waals surface area contributed by atoms with Crippen LogP contribution < -0.4 is 5.32 Å². The third-order valence-electron chi connectivity index (χ3n) is 1.78. The van der Waals surface area contributed by atoms with Gasteiger partial charge in [-0.05, 0) is 26.3 Å². The lowest BCUT2D eigenvalue weighted by Gasteiger charge is -2.16. The molecule has 0 heterocycles. The molecular weight excluding hydrogens is 150 g/mol. The van der Waals surface area contributed by atoms with E-state index in [-0.39, 0.29) is 0 Å². The number of hydrogen-bond acceptors (Lipinski definition) is 2. The smallest absolute Gasteiger partial charge is 0.0615 e. The van der Waals surface area contributed by atoms with Gasteiger partial charge < -0.3 is 10.1 Å². The molecule has 0 aromatic carbocycles. The summed E-state index contributed by atoms with van der Waals surface area (Å²) < 4.78 is 5.10. The first-order valence-electron chi connectivity index (χ1n) is 4.57. The van der Waals surface area contributed by atoms with Gasteiger partial charge in [-0.15, -0.1) is 6.58 Å². The molecule has 0 rings (SSSR count). The molecule has 72 valence electrons.